The molecule has 17 heteroatoms. The SMILES string of the molecule is CCC(C)C(=O)O[C@@H]1CC2C(CC=C3C[C@@H](O[C@@H]4C[C@H](OC)[C@H](O[C@H]5C[C@H](OC)[C@H](O[C@H]6C[C@H](OC)[C@H](O[C@H]7C[C@@H](OC)[C@H](O)[C@@H](C)O7)[C@@H](C)O6)[C@@H](C)O5)[C@@H](C)O4)CC[C@@]32C)[C@@]2(O)CC[C@H](C(C)=O)[C@@]12C. The Kier molecular flexibility index (Phi) is 17.6. The van der Waals surface area contributed by atoms with Gasteiger partial charge < -0.3 is 71.8 Å². The molecule has 71 heavy (non-hydrogen) atoms. The molecule has 8 aliphatic rings. The van der Waals surface area contributed by atoms with Crippen molar-refractivity contribution in [1.82, 2.24) is 0 Å². The van der Waals surface area contributed by atoms with Crippen molar-refractivity contribution in [3.8, 4) is 0 Å². The second kappa shape index (κ2) is 22.5. The number of methoxy groups -OCH3 is 4. The van der Waals surface area contributed by atoms with Crippen LogP contribution in [-0.2, 0) is 71.2 Å². The number of allylic oxidation sites excluding steroid dienone is 1. The number of hydrogen-bond acceptors (Lipinski definition) is 17. The topological polar surface area (TPSA) is 195 Å². The van der Waals surface area contributed by atoms with Crippen LogP contribution < -0.4 is 0 Å². The van der Waals surface area contributed by atoms with Gasteiger partial charge in [-0.2, -0.15) is 0 Å². The van der Waals surface area contributed by atoms with Crippen LogP contribution >= 0.6 is 0 Å². The third-order valence-electron chi connectivity index (χ3n) is 19.1. The van der Waals surface area contributed by atoms with Gasteiger partial charge in [-0.3, -0.25) is 9.59 Å². The van der Waals surface area contributed by atoms with Gasteiger partial charge in [0.25, 0.3) is 0 Å². The summed E-state index contributed by atoms with van der Waals surface area (Å²) in [6.45, 7) is 17.5. The van der Waals surface area contributed by atoms with Gasteiger partial charge in [-0.1, -0.05) is 39.3 Å². The first-order chi connectivity index (χ1) is 33.7. The Hall–Kier alpha value is -1.68. The Balaban J connectivity index is 0.854. The minimum absolute atomic E-state index is 0.0422. The molecular weight excluding hydrogens is 921 g/mol. The summed E-state index contributed by atoms with van der Waals surface area (Å²) in [5.41, 5.74) is -0.874. The second-order valence-corrected chi connectivity index (χ2v) is 22.9. The summed E-state index contributed by atoms with van der Waals surface area (Å²) in [7, 11) is 6.57. The van der Waals surface area contributed by atoms with Crippen molar-refractivity contribution in [3.63, 3.8) is 0 Å². The van der Waals surface area contributed by atoms with E-state index in [1.165, 1.54) is 5.57 Å². The lowest BCUT2D eigenvalue weighted by atomic mass is 9.45. The molecule has 0 aromatic rings. The average Bonchev–Trinajstić information content (AvgIpc) is 3.63. The molecule has 406 valence electrons. The van der Waals surface area contributed by atoms with Gasteiger partial charge in [0.05, 0.1) is 66.5 Å². The zero-order chi connectivity index (χ0) is 51.3. The molecule has 7 fully saturated rings. The minimum atomic E-state index is -1.13. The van der Waals surface area contributed by atoms with Gasteiger partial charge in [0, 0.05) is 65.5 Å². The summed E-state index contributed by atoms with van der Waals surface area (Å²) in [6, 6.07) is 0. The van der Waals surface area contributed by atoms with Gasteiger partial charge in [-0.05, 0) is 103 Å². The number of ether oxygens (including phenoxy) is 13. The maximum Gasteiger partial charge on any atom is 0.308 e. The molecule has 3 saturated carbocycles. The Morgan fingerprint density at radius 1 is 0.690 bits per heavy atom. The number of aliphatic hydroxyl groups is 2. The summed E-state index contributed by atoms with van der Waals surface area (Å²) in [5, 5.41) is 23.3. The highest BCUT2D eigenvalue weighted by Crippen LogP contribution is 2.68. The van der Waals surface area contributed by atoms with Crippen molar-refractivity contribution in [2.24, 2.45) is 34.5 Å². The normalized spacial score (nSPS) is 49.5. The fraction of sp³-hybridized carbons (Fsp3) is 0.926. The molecular formula is C54H88O17. The number of carbonyl (C=O) groups excluding carboxylic acids is 2. The summed E-state index contributed by atoms with van der Waals surface area (Å²) < 4.78 is 81.9. The van der Waals surface area contributed by atoms with Crippen LogP contribution in [0.25, 0.3) is 0 Å². The molecule has 4 saturated heterocycles. The van der Waals surface area contributed by atoms with Crippen LogP contribution in [0.5, 0.6) is 0 Å². The zero-order valence-corrected chi connectivity index (χ0v) is 44.8. The Bertz CT molecular complexity index is 1850. The van der Waals surface area contributed by atoms with E-state index < -0.39 is 91.1 Å². The number of hydrogen-bond donors (Lipinski definition) is 2. The highest BCUT2D eigenvalue weighted by molar-refractivity contribution is 5.80. The summed E-state index contributed by atoms with van der Waals surface area (Å²) >= 11 is 0. The van der Waals surface area contributed by atoms with Crippen molar-refractivity contribution in [2.75, 3.05) is 28.4 Å². The molecule has 0 bridgehead atoms. The Morgan fingerprint density at radius 2 is 1.17 bits per heavy atom. The molecule has 0 radical (unpaired) electrons. The highest BCUT2D eigenvalue weighted by Gasteiger charge is 2.71. The third kappa shape index (κ3) is 10.6. The van der Waals surface area contributed by atoms with E-state index in [1.54, 1.807) is 42.3 Å². The first-order valence-electron chi connectivity index (χ1n) is 26.9. The Labute approximate surface area is 422 Å². The summed E-state index contributed by atoms with van der Waals surface area (Å²) in [6.07, 6.45) is 1.39. The molecule has 2 N–H and O–H groups in total. The number of esters is 1. The third-order valence-corrected chi connectivity index (χ3v) is 19.1. The molecule has 0 amide bonds. The van der Waals surface area contributed by atoms with Gasteiger partial charge in [-0.15, -0.1) is 0 Å². The van der Waals surface area contributed by atoms with Crippen molar-refractivity contribution >= 4 is 11.8 Å². The lowest BCUT2D eigenvalue weighted by Crippen LogP contribution is -2.67. The fourth-order valence-electron chi connectivity index (χ4n) is 14.5. The van der Waals surface area contributed by atoms with E-state index in [9.17, 15) is 19.8 Å². The molecule has 0 spiro atoms. The van der Waals surface area contributed by atoms with Crippen molar-refractivity contribution in [1.29, 1.82) is 0 Å². The first kappa shape index (κ1) is 55.5. The summed E-state index contributed by atoms with van der Waals surface area (Å²) in [4.78, 5) is 26.6. The minimum Gasteiger partial charge on any atom is -0.461 e. The molecule has 8 rings (SSSR count). The van der Waals surface area contributed by atoms with Crippen LogP contribution in [0.1, 0.15) is 139 Å². The van der Waals surface area contributed by atoms with Gasteiger partial charge in [0.15, 0.2) is 25.2 Å². The Morgan fingerprint density at radius 3 is 1.65 bits per heavy atom. The first-order valence-corrected chi connectivity index (χ1v) is 26.9. The van der Waals surface area contributed by atoms with E-state index in [0.717, 1.165) is 19.3 Å². The number of ketones is 1. The van der Waals surface area contributed by atoms with Crippen LogP contribution in [0.2, 0.25) is 0 Å². The fourth-order valence-corrected chi connectivity index (χ4v) is 14.5. The van der Waals surface area contributed by atoms with Gasteiger partial charge in [0.1, 0.15) is 36.3 Å². The van der Waals surface area contributed by atoms with Gasteiger partial charge in [0.2, 0.25) is 0 Å². The second-order valence-electron chi connectivity index (χ2n) is 22.9. The molecule has 4 heterocycles. The molecule has 25 atom stereocenters. The van der Waals surface area contributed by atoms with E-state index in [0.29, 0.717) is 57.8 Å². The van der Waals surface area contributed by atoms with Gasteiger partial charge >= 0.3 is 5.97 Å². The highest BCUT2D eigenvalue weighted by atomic mass is 16.8. The van der Waals surface area contributed by atoms with E-state index in [1.807, 2.05) is 41.5 Å². The maximum atomic E-state index is 13.4. The summed E-state index contributed by atoms with van der Waals surface area (Å²) in [5.74, 6) is -0.773. The van der Waals surface area contributed by atoms with Crippen molar-refractivity contribution < 1.29 is 81.4 Å². The number of rotatable bonds is 16. The van der Waals surface area contributed by atoms with Crippen molar-refractivity contribution in [3.05, 3.63) is 11.6 Å². The van der Waals surface area contributed by atoms with Crippen LogP contribution in [0, 0.1) is 34.5 Å². The van der Waals surface area contributed by atoms with Crippen LogP contribution in [0.15, 0.2) is 11.6 Å². The van der Waals surface area contributed by atoms with Crippen LogP contribution in [0.3, 0.4) is 0 Å². The molecule has 4 aliphatic heterocycles. The predicted molar refractivity (Wildman–Crippen MR) is 257 cm³/mol. The number of fused-ring (bicyclic) bond motifs is 5. The molecule has 17 nitrogen and oxygen atoms in total. The maximum absolute atomic E-state index is 13.4. The molecule has 0 aromatic heterocycles. The predicted octanol–water partition coefficient (Wildman–Crippen LogP) is 6.34. The van der Waals surface area contributed by atoms with Crippen LogP contribution in [0.4, 0.5) is 0 Å². The van der Waals surface area contributed by atoms with E-state index >= 15 is 0 Å². The van der Waals surface area contributed by atoms with E-state index in [2.05, 4.69) is 13.0 Å². The molecule has 0 aromatic carbocycles. The van der Waals surface area contributed by atoms with Crippen molar-refractivity contribution in [2.45, 2.75) is 256 Å². The largest absolute Gasteiger partial charge is 0.461 e. The van der Waals surface area contributed by atoms with Gasteiger partial charge in [-0.25, -0.2) is 0 Å². The molecule has 3 unspecified atom stereocenters. The number of Topliss-reactive ketones (excluding diaryl/α,β-unsaturated/α-hetero) is 1. The number of aliphatic hydroxyl groups excluding tert-OH is 1. The zero-order valence-electron chi connectivity index (χ0n) is 44.8. The quantitative estimate of drug-likeness (QED) is 0.128. The lowest BCUT2D eigenvalue weighted by Gasteiger charge is -2.63. The smallest absolute Gasteiger partial charge is 0.308 e. The number of carbonyl (C=O) groups is 2. The average molecular weight is 1010 g/mol. The van der Waals surface area contributed by atoms with E-state index in [4.69, 9.17) is 61.6 Å². The van der Waals surface area contributed by atoms with Crippen LogP contribution in [-0.4, -0.2) is 167 Å². The molecule has 4 aliphatic carbocycles. The standard InChI is InChI=1S/C54H88O17/c1-14-27(2)51(57)68-42-22-37-36(54(58)20-18-35(28(3)55)53(42,54)9)16-15-33-21-34(17-19-52(33,37)8)67-43-24-39(60-11)48(30(5)64-43)70-45-26-41(62-13)50(32(7)66-45)71-46-25-40(61-12)49(31(6)65-46)69-44-23-38(59-10)47(56)29(4)63-44/h15,27,29-32,34-50,56,58H,14,16-26H2,1-13H3/t27?,29-,30-,31-,32-,34+,35-,36?,37?,38-,39+,40+,41+,42-,43-,44+,45+,46+,47-,48-,49-,50-,52+,53+,54+/m1/s1. The lowest BCUT2D eigenvalue weighted by molar-refractivity contribution is -0.347. The van der Waals surface area contributed by atoms with E-state index in [-0.39, 0.29) is 71.4 Å². The monoisotopic (exact) mass is 1010 g/mol.